The van der Waals surface area contributed by atoms with Gasteiger partial charge in [-0.1, -0.05) is 41.9 Å². The summed E-state index contributed by atoms with van der Waals surface area (Å²) in [5.41, 5.74) is 2.10. The Kier molecular flexibility index (Phi) is 8.09. The Hall–Kier alpha value is -2.65. The van der Waals surface area contributed by atoms with Crippen LogP contribution in [0.3, 0.4) is 0 Å². The van der Waals surface area contributed by atoms with E-state index in [4.69, 9.17) is 26.2 Å². The van der Waals surface area contributed by atoms with Gasteiger partial charge in [0, 0.05) is 17.7 Å². The van der Waals surface area contributed by atoms with Gasteiger partial charge in [0.15, 0.2) is 11.5 Å². The molecular weight excluding hydrogens is 455 g/mol. The molecule has 0 radical (unpaired) electrons. The van der Waals surface area contributed by atoms with Gasteiger partial charge in [0.2, 0.25) is 10.0 Å². The molecule has 0 saturated carbocycles. The van der Waals surface area contributed by atoms with Crippen LogP contribution in [0.15, 0.2) is 65.6 Å². The lowest BCUT2D eigenvalue weighted by atomic mass is 10.1. The van der Waals surface area contributed by atoms with Crippen molar-refractivity contribution in [1.82, 2.24) is 5.32 Å². The van der Waals surface area contributed by atoms with Gasteiger partial charge in [-0.3, -0.25) is 0 Å². The molecule has 3 N–H and O–H groups in total. The van der Waals surface area contributed by atoms with E-state index < -0.39 is 15.8 Å². The van der Waals surface area contributed by atoms with E-state index in [1.807, 2.05) is 12.1 Å². The lowest BCUT2D eigenvalue weighted by Crippen LogP contribution is -2.18. The van der Waals surface area contributed by atoms with E-state index in [0.29, 0.717) is 36.0 Å². The summed E-state index contributed by atoms with van der Waals surface area (Å²) in [6.45, 7) is 1.10. The van der Waals surface area contributed by atoms with Crippen LogP contribution in [0.2, 0.25) is 5.02 Å². The molecule has 0 unspecified atom stereocenters. The van der Waals surface area contributed by atoms with E-state index in [1.54, 1.807) is 37.4 Å². The topological polar surface area (TPSA) is 90.6 Å². The summed E-state index contributed by atoms with van der Waals surface area (Å²) in [5.74, 6) is 0.621. The second-order valence-corrected chi connectivity index (χ2v) is 9.02. The van der Waals surface area contributed by atoms with Gasteiger partial charge in [-0.25, -0.2) is 17.9 Å². The first kappa shape index (κ1) is 24.0. The molecule has 3 aromatic carbocycles. The minimum absolute atomic E-state index is 0.0325. The monoisotopic (exact) mass is 478 g/mol. The number of nitrogens with two attached hydrogens (primary N) is 1. The highest BCUT2D eigenvalue weighted by Crippen LogP contribution is 2.32. The minimum atomic E-state index is -3.70. The third-order valence-corrected chi connectivity index (χ3v) is 6.14. The Labute approximate surface area is 192 Å². The number of methoxy groups -OCH3 is 1. The molecular formula is C23H24ClFN2O4S. The predicted octanol–water partition coefficient (Wildman–Crippen LogP) is 4.05. The molecule has 32 heavy (non-hydrogen) atoms. The number of hydrogen-bond donors (Lipinski definition) is 2. The SMILES string of the molecule is COc1cccc(CNCCc2ccc(S(N)(=O)=O)cc2)c1OCc1c(F)cccc1Cl. The van der Waals surface area contributed by atoms with Gasteiger partial charge in [-0.2, -0.15) is 0 Å². The number of ether oxygens (including phenoxy) is 2. The number of primary sulfonamides is 1. The van der Waals surface area contributed by atoms with Crippen molar-refractivity contribution in [3.63, 3.8) is 0 Å². The maximum absolute atomic E-state index is 14.1. The molecule has 0 aliphatic rings. The average Bonchev–Trinajstić information content (AvgIpc) is 2.76. The smallest absolute Gasteiger partial charge is 0.238 e. The van der Waals surface area contributed by atoms with E-state index in [9.17, 15) is 12.8 Å². The van der Waals surface area contributed by atoms with Crippen molar-refractivity contribution >= 4 is 21.6 Å². The highest BCUT2D eigenvalue weighted by atomic mass is 35.5. The van der Waals surface area contributed by atoms with Crippen LogP contribution in [0.25, 0.3) is 0 Å². The zero-order valence-electron chi connectivity index (χ0n) is 17.5. The summed E-state index contributed by atoms with van der Waals surface area (Å²) in [7, 11) is -2.15. The number of benzene rings is 3. The Morgan fingerprint density at radius 2 is 1.78 bits per heavy atom. The Morgan fingerprint density at radius 3 is 2.44 bits per heavy atom. The van der Waals surface area contributed by atoms with Crippen molar-refractivity contribution in [2.75, 3.05) is 13.7 Å². The fraction of sp³-hybridized carbons (Fsp3) is 0.217. The van der Waals surface area contributed by atoms with Gasteiger partial charge in [0.1, 0.15) is 12.4 Å². The lowest BCUT2D eigenvalue weighted by Gasteiger charge is -2.16. The third-order valence-electron chi connectivity index (χ3n) is 4.86. The molecule has 0 bridgehead atoms. The normalized spacial score (nSPS) is 11.4. The van der Waals surface area contributed by atoms with Crippen LogP contribution in [0, 0.1) is 5.82 Å². The van der Waals surface area contributed by atoms with Gasteiger partial charge >= 0.3 is 0 Å². The molecule has 0 fully saturated rings. The zero-order chi connectivity index (χ0) is 23.1. The molecule has 0 spiro atoms. The number of rotatable bonds is 10. The van der Waals surface area contributed by atoms with Crippen molar-refractivity contribution < 1.29 is 22.3 Å². The van der Waals surface area contributed by atoms with Gasteiger partial charge in [-0.05, 0) is 48.9 Å². The Balaban J connectivity index is 1.63. The molecule has 0 saturated heterocycles. The molecule has 6 nitrogen and oxygen atoms in total. The molecule has 170 valence electrons. The van der Waals surface area contributed by atoms with Crippen molar-refractivity contribution in [3.05, 3.63) is 88.2 Å². The number of nitrogens with one attached hydrogen (secondary N) is 1. The average molecular weight is 479 g/mol. The van der Waals surface area contributed by atoms with Crippen molar-refractivity contribution in [2.45, 2.75) is 24.5 Å². The summed E-state index contributed by atoms with van der Waals surface area (Å²) in [4.78, 5) is 0.0855. The maximum Gasteiger partial charge on any atom is 0.238 e. The van der Waals surface area contributed by atoms with E-state index in [2.05, 4.69) is 5.32 Å². The fourth-order valence-corrected chi connectivity index (χ4v) is 3.87. The highest BCUT2D eigenvalue weighted by Gasteiger charge is 2.14. The highest BCUT2D eigenvalue weighted by molar-refractivity contribution is 7.89. The van der Waals surface area contributed by atoms with Crippen molar-refractivity contribution in [3.8, 4) is 11.5 Å². The lowest BCUT2D eigenvalue weighted by molar-refractivity contribution is 0.276. The van der Waals surface area contributed by atoms with Crippen LogP contribution in [0.5, 0.6) is 11.5 Å². The summed E-state index contributed by atoms with van der Waals surface area (Å²) in [5, 5.41) is 8.75. The van der Waals surface area contributed by atoms with Gasteiger partial charge in [0.25, 0.3) is 0 Å². The number of para-hydroxylation sites is 1. The molecule has 3 rings (SSSR count). The van der Waals surface area contributed by atoms with Crippen LogP contribution >= 0.6 is 11.6 Å². The van der Waals surface area contributed by atoms with Crippen LogP contribution in [0.1, 0.15) is 16.7 Å². The van der Waals surface area contributed by atoms with Crippen LogP contribution in [-0.4, -0.2) is 22.1 Å². The number of halogens is 2. The van der Waals surface area contributed by atoms with Gasteiger partial charge < -0.3 is 14.8 Å². The molecule has 3 aromatic rings. The van der Waals surface area contributed by atoms with Gasteiger partial charge in [-0.15, -0.1) is 0 Å². The number of hydrogen-bond acceptors (Lipinski definition) is 5. The first-order valence-corrected chi connectivity index (χ1v) is 11.8. The van der Waals surface area contributed by atoms with Crippen LogP contribution in [-0.2, 0) is 29.6 Å². The van der Waals surface area contributed by atoms with E-state index in [1.165, 1.54) is 18.2 Å². The summed E-state index contributed by atoms with van der Waals surface area (Å²) in [6, 6.07) is 16.5. The second kappa shape index (κ2) is 10.8. The van der Waals surface area contributed by atoms with Crippen molar-refractivity contribution in [2.24, 2.45) is 5.14 Å². The van der Waals surface area contributed by atoms with Crippen molar-refractivity contribution in [1.29, 1.82) is 0 Å². The summed E-state index contributed by atoms with van der Waals surface area (Å²) < 4.78 is 48.1. The fourth-order valence-electron chi connectivity index (χ4n) is 3.14. The van der Waals surface area contributed by atoms with E-state index in [-0.39, 0.29) is 17.1 Å². The molecule has 0 aliphatic carbocycles. The zero-order valence-corrected chi connectivity index (χ0v) is 19.0. The second-order valence-electron chi connectivity index (χ2n) is 7.05. The minimum Gasteiger partial charge on any atom is -0.493 e. The molecule has 9 heteroatoms. The largest absolute Gasteiger partial charge is 0.493 e. The van der Waals surface area contributed by atoms with Crippen LogP contribution < -0.4 is 19.9 Å². The van der Waals surface area contributed by atoms with E-state index in [0.717, 1.165) is 11.1 Å². The predicted molar refractivity (Wildman–Crippen MR) is 122 cm³/mol. The first-order valence-electron chi connectivity index (χ1n) is 9.83. The third kappa shape index (κ3) is 6.20. The summed E-state index contributed by atoms with van der Waals surface area (Å²) in [6.07, 6.45) is 0.690. The summed E-state index contributed by atoms with van der Waals surface area (Å²) >= 11 is 6.10. The molecule has 0 heterocycles. The Morgan fingerprint density at radius 1 is 1.06 bits per heavy atom. The number of sulfonamides is 1. The molecule has 0 aliphatic heterocycles. The standard InChI is InChI=1S/C23H24ClFN2O4S/c1-30-22-7-2-4-17(23(22)31-15-19-20(24)5-3-6-21(19)25)14-27-13-12-16-8-10-18(11-9-16)32(26,28)29/h2-11,27H,12-15H2,1H3,(H2,26,28,29). The first-order chi connectivity index (χ1) is 15.3. The Bertz CT molecular complexity index is 1150. The van der Waals surface area contributed by atoms with Gasteiger partial charge in [0.05, 0.1) is 17.0 Å². The molecule has 0 amide bonds. The maximum atomic E-state index is 14.1. The molecule has 0 atom stereocenters. The van der Waals surface area contributed by atoms with E-state index >= 15 is 0 Å². The van der Waals surface area contributed by atoms with Crippen LogP contribution in [0.4, 0.5) is 4.39 Å². The quantitative estimate of drug-likeness (QED) is 0.429. The molecule has 0 aromatic heterocycles.